The Morgan fingerprint density at radius 2 is 2.21 bits per heavy atom. The van der Waals surface area contributed by atoms with Crippen molar-refractivity contribution in [2.45, 2.75) is 31.9 Å². The van der Waals surface area contributed by atoms with Gasteiger partial charge in [0.1, 0.15) is 5.82 Å². The summed E-state index contributed by atoms with van der Waals surface area (Å²) >= 11 is 2.10. The number of rotatable bonds is 7. The van der Waals surface area contributed by atoms with Crippen LogP contribution in [0.1, 0.15) is 26.7 Å². The second-order valence-corrected chi connectivity index (χ2v) is 7.77. The summed E-state index contributed by atoms with van der Waals surface area (Å²) in [5, 5.41) is 7.57. The first kappa shape index (κ1) is 18.9. The lowest BCUT2D eigenvalue weighted by molar-refractivity contribution is 0.380. The van der Waals surface area contributed by atoms with Gasteiger partial charge in [0.2, 0.25) is 0 Å². The predicted octanol–water partition coefficient (Wildman–Crippen LogP) is 2.92. The summed E-state index contributed by atoms with van der Waals surface area (Å²) in [5.41, 5.74) is 0. The average molecular weight is 350 g/mol. The SMILES string of the molecule is CN=C(NCCCCNc1ccccn1)N1CCSC(C(C)C)C1. The van der Waals surface area contributed by atoms with Crippen LogP contribution in [-0.2, 0) is 0 Å². The fourth-order valence-corrected chi connectivity index (χ4v) is 4.04. The molecule has 1 atom stereocenters. The van der Waals surface area contributed by atoms with E-state index in [0.717, 1.165) is 50.8 Å². The van der Waals surface area contributed by atoms with Crippen molar-refractivity contribution >= 4 is 23.5 Å². The lowest BCUT2D eigenvalue weighted by atomic mass is 10.1. The Hall–Kier alpha value is -1.43. The third-order valence-corrected chi connectivity index (χ3v) is 5.75. The Labute approximate surface area is 150 Å². The van der Waals surface area contributed by atoms with Gasteiger partial charge >= 0.3 is 0 Å². The second kappa shape index (κ2) is 10.4. The van der Waals surface area contributed by atoms with Crippen molar-refractivity contribution < 1.29 is 0 Å². The lowest BCUT2D eigenvalue weighted by Gasteiger charge is -2.36. The van der Waals surface area contributed by atoms with Crippen LogP contribution in [0.5, 0.6) is 0 Å². The van der Waals surface area contributed by atoms with E-state index >= 15 is 0 Å². The molecular formula is C18H31N5S. The van der Waals surface area contributed by atoms with Crippen LogP contribution in [0, 0.1) is 5.92 Å². The average Bonchev–Trinajstić information content (AvgIpc) is 2.62. The van der Waals surface area contributed by atoms with E-state index in [1.54, 1.807) is 0 Å². The van der Waals surface area contributed by atoms with Gasteiger partial charge in [0.15, 0.2) is 5.96 Å². The molecule has 6 heteroatoms. The quantitative estimate of drug-likeness (QED) is 0.450. The molecule has 24 heavy (non-hydrogen) atoms. The van der Waals surface area contributed by atoms with E-state index in [1.807, 2.05) is 31.4 Å². The van der Waals surface area contributed by atoms with E-state index in [0.29, 0.717) is 11.2 Å². The minimum absolute atomic E-state index is 0.708. The van der Waals surface area contributed by atoms with Crippen LogP contribution in [0.2, 0.25) is 0 Å². The maximum absolute atomic E-state index is 4.47. The van der Waals surface area contributed by atoms with Crippen molar-refractivity contribution in [1.82, 2.24) is 15.2 Å². The maximum Gasteiger partial charge on any atom is 0.193 e. The minimum Gasteiger partial charge on any atom is -0.370 e. The van der Waals surface area contributed by atoms with E-state index in [1.165, 1.54) is 5.75 Å². The summed E-state index contributed by atoms with van der Waals surface area (Å²) in [6.45, 7) is 8.73. The molecular weight excluding hydrogens is 318 g/mol. The smallest absolute Gasteiger partial charge is 0.193 e. The highest BCUT2D eigenvalue weighted by molar-refractivity contribution is 8.00. The molecule has 0 radical (unpaired) electrons. The Morgan fingerprint density at radius 3 is 2.92 bits per heavy atom. The van der Waals surface area contributed by atoms with Gasteiger partial charge in [-0.05, 0) is 30.9 Å². The molecule has 1 unspecified atom stereocenters. The van der Waals surface area contributed by atoms with Gasteiger partial charge in [0.05, 0.1) is 0 Å². The number of nitrogens with zero attached hydrogens (tertiary/aromatic N) is 3. The van der Waals surface area contributed by atoms with E-state index in [2.05, 4.69) is 51.1 Å². The van der Waals surface area contributed by atoms with Crippen LogP contribution >= 0.6 is 11.8 Å². The van der Waals surface area contributed by atoms with Gasteiger partial charge in [0.25, 0.3) is 0 Å². The summed E-state index contributed by atoms with van der Waals surface area (Å²) in [5.74, 6) is 3.91. The van der Waals surface area contributed by atoms with Gasteiger partial charge < -0.3 is 15.5 Å². The molecule has 1 aromatic rings. The van der Waals surface area contributed by atoms with Crippen molar-refractivity contribution in [2.24, 2.45) is 10.9 Å². The summed E-state index contributed by atoms with van der Waals surface area (Å²) in [6.07, 6.45) is 4.05. The number of hydrogen-bond donors (Lipinski definition) is 2. The maximum atomic E-state index is 4.47. The minimum atomic E-state index is 0.708. The number of nitrogens with one attached hydrogen (secondary N) is 2. The second-order valence-electron chi connectivity index (χ2n) is 6.42. The molecule has 1 aromatic heterocycles. The summed E-state index contributed by atoms with van der Waals surface area (Å²) in [6, 6.07) is 5.94. The molecule has 0 spiro atoms. The number of aliphatic imine (C=N–C) groups is 1. The van der Waals surface area contributed by atoms with Gasteiger partial charge in [0, 0.05) is 50.4 Å². The Morgan fingerprint density at radius 1 is 1.38 bits per heavy atom. The molecule has 0 amide bonds. The van der Waals surface area contributed by atoms with Crippen LogP contribution < -0.4 is 10.6 Å². The van der Waals surface area contributed by atoms with Gasteiger partial charge in [-0.25, -0.2) is 4.98 Å². The molecule has 1 aliphatic heterocycles. The van der Waals surface area contributed by atoms with Crippen molar-refractivity contribution in [2.75, 3.05) is 44.3 Å². The fraction of sp³-hybridized carbons (Fsp3) is 0.667. The van der Waals surface area contributed by atoms with E-state index in [4.69, 9.17) is 0 Å². The highest BCUT2D eigenvalue weighted by Crippen LogP contribution is 2.24. The molecule has 134 valence electrons. The number of anilines is 1. The molecule has 0 aliphatic carbocycles. The Balaban J connectivity index is 1.63. The summed E-state index contributed by atoms with van der Waals surface area (Å²) in [4.78, 5) is 11.1. The van der Waals surface area contributed by atoms with Crippen LogP contribution in [-0.4, -0.2) is 60.1 Å². The molecule has 2 rings (SSSR count). The van der Waals surface area contributed by atoms with Crippen molar-refractivity contribution in [3.05, 3.63) is 24.4 Å². The monoisotopic (exact) mass is 349 g/mol. The number of unbranched alkanes of at least 4 members (excludes halogenated alkanes) is 1. The summed E-state index contributed by atoms with van der Waals surface area (Å²) in [7, 11) is 1.89. The highest BCUT2D eigenvalue weighted by atomic mass is 32.2. The molecule has 1 saturated heterocycles. The largest absolute Gasteiger partial charge is 0.370 e. The predicted molar refractivity (Wildman–Crippen MR) is 106 cm³/mol. The van der Waals surface area contributed by atoms with Crippen molar-refractivity contribution in [1.29, 1.82) is 0 Å². The van der Waals surface area contributed by atoms with Gasteiger partial charge in [-0.15, -0.1) is 0 Å². The third-order valence-electron chi connectivity index (χ3n) is 4.21. The topological polar surface area (TPSA) is 52.6 Å². The molecule has 2 N–H and O–H groups in total. The standard InChI is InChI=1S/C18H31N5S/c1-15(2)16-14-23(12-13-24-16)18(19-3)22-11-7-6-10-21-17-8-4-5-9-20-17/h4-5,8-9,15-16H,6-7,10-14H2,1-3H3,(H,19,22)(H,20,21). The Bertz CT molecular complexity index is 491. The van der Waals surface area contributed by atoms with Crippen molar-refractivity contribution in [3.8, 4) is 0 Å². The van der Waals surface area contributed by atoms with Crippen LogP contribution in [0.4, 0.5) is 5.82 Å². The van der Waals surface area contributed by atoms with Gasteiger partial charge in [-0.3, -0.25) is 4.99 Å². The number of thioether (sulfide) groups is 1. The zero-order valence-corrected chi connectivity index (χ0v) is 16.0. The van der Waals surface area contributed by atoms with Gasteiger partial charge in [-0.2, -0.15) is 11.8 Å². The van der Waals surface area contributed by atoms with Gasteiger partial charge in [-0.1, -0.05) is 19.9 Å². The van der Waals surface area contributed by atoms with Crippen LogP contribution in [0.15, 0.2) is 29.4 Å². The number of pyridine rings is 1. The molecule has 2 heterocycles. The highest BCUT2D eigenvalue weighted by Gasteiger charge is 2.24. The number of hydrogen-bond acceptors (Lipinski definition) is 4. The van der Waals surface area contributed by atoms with E-state index < -0.39 is 0 Å². The summed E-state index contributed by atoms with van der Waals surface area (Å²) < 4.78 is 0. The fourth-order valence-electron chi connectivity index (χ4n) is 2.74. The molecule has 0 saturated carbocycles. The first-order chi connectivity index (χ1) is 11.7. The first-order valence-electron chi connectivity index (χ1n) is 8.93. The first-order valence-corrected chi connectivity index (χ1v) is 9.97. The number of aromatic nitrogens is 1. The molecule has 0 bridgehead atoms. The molecule has 1 fully saturated rings. The van der Waals surface area contributed by atoms with E-state index in [-0.39, 0.29) is 0 Å². The number of guanidine groups is 1. The zero-order chi connectivity index (χ0) is 17.2. The van der Waals surface area contributed by atoms with E-state index in [9.17, 15) is 0 Å². The third kappa shape index (κ3) is 6.23. The van der Waals surface area contributed by atoms with Crippen LogP contribution in [0.25, 0.3) is 0 Å². The Kier molecular flexibility index (Phi) is 8.22. The lowest BCUT2D eigenvalue weighted by Crippen LogP contribution is -2.49. The molecule has 5 nitrogen and oxygen atoms in total. The molecule has 1 aliphatic rings. The van der Waals surface area contributed by atoms with Crippen LogP contribution in [0.3, 0.4) is 0 Å². The molecule has 0 aromatic carbocycles. The van der Waals surface area contributed by atoms with Crippen molar-refractivity contribution in [3.63, 3.8) is 0 Å². The zero-order valence-electron chi connectivity index (χ0n) is 15.2. The normalized spacial score (nSPS) is 18.8.